The van der Waals surface area contributed by atoms with Crippen LogP contribution in [0.15, 0.2) is 12.4 Å². The minimum Gasteiger partial charge on any atom is -0.467 e. The maximum absolute atomic E-state index is 10.8. The molecule has 66 valence electrons. The number of methoxy groups -OCH3 is 1. The third-order valence-corrected chi connectivity index (χ3v) is 1.53. The molecule has 0 saturated carbocycles. The van der Waals surface area contributed by atoms with E-state index in [0.29, 0.717) is 0 Å². The number of carbonyl (C=O) groups is 1. The standard InChI is InChI=1S/C7H10N2O3/c1-9-4-3-8-6(9)5(10)7(11)12-2/h3-5,10H,1-2H3. The number of nitrogens with zero attached hydrogens (tertiary/aromatic N) is 2. The summed E-state index contributed by atoms with van der Waals surface area (Å²) in [5.74, 6) is -0.425. The first-order valence-corrected chi connectivity index (χ1v) is 3.40. The van der Waals surface area contributed by atoms with Gasteiger partial charge in [-0.05, 0) is 0 Å². The van der Waals surface area contributed by atoms with Crippen LogP contribution in [0.25, 0.3) is 0 Å². The first-order chi connectivity index (χ1) is 5.66. The van der Waals surface area contributed by atoms with Gasteiger partial charge in [0.05, 0.1) is 7.11 Å². The molecule has 0 bridgehead atoms. The van der Waals surface area contributed by atoms with E-state index in [9.17, 15) is 9.90 Å². The molecule has 0 radical (unpaired) electrons. The number of hydrogen-bond acceptors (Lipinski definition) is 4. The molecule has 5 nitrogen and oxygen atoms in total. The quantitative estimate of drug-likeness (QED) is 0.615. The highest BCUT2D eigenvalue weighted by Gasteiger charge is 2.21. The Kier molecular flexibility index (Phi) is 2.44. The molecule has 0 amide bonds. The van der Waals surface area contributed by atoms with Crippen molar-refractivity contribution in [3.8, 4) is 0 Å². The summed E-state index contributed by atoms with van der Waals surface area (Å²) < 4.78 is 5.91. The number of aromatic nitrogens is 2. The molecule has 1 aromatic rings. The third-order valence-electron chi connectivity index (χ3n) is 1.53. The minimum absolute atomic E-state index is 0.279. The van der Waals surface area contributed by atoms with E-state index in [1.165, 1.54) is 13.3 Å². The maximum Gasteiger partial charge on any atom is 0.342 e. The summed E-state index contributed by atoms with van der Waals surface area (Å²) >= 11 is 0. The lowest BCUT2D eigenvalue weighted by molar-refractivity contribution is -0.151. The highest BCUT2D eigenvalue weighted by molar-refractivity contribution is 5.74. The molecular formula is C7H10N2O3. The van der Waals surface area contributed by atoms with Crippen molar-refractivity contribution in [1.29, 1.82) is 0 Å². The molecule has 1 aromatic heterocycles. The van der Waals surface area contributed by atoms with Gasteiger partial charge in [-0.25, -0.2) is 9.78 Å². The second kappa shape index (κ2) is 3.36. The van der Waals surface area contributed by atoms with E-state index in [0.717, 1.165) is 0 Å². The molecule has 1 unspecified atom stereocenters. The first kappa shape index (κ1) is 8.73. The van der Waals surface area contributed by atoms with Crippen LogP contribution in [0, 0.1) is 0 Å². The molecule has 0 aliphatic carbocycles. The monoisotopic (exact) mass is 170 g/mol. The Morgan fingerprint density at radius 1 is 1.83 bits per heavy atom. The van der Waals surface area contributed by atoms with Crippen LogP contribution in [-0.2, 0) is 16.6 Å². The zero-order valence-corrected chi connectivity index (χ0v) is 6.89. The van der Waals surface area contributed by atoms with Gasteiger partial charge in [0.25, 0.3) is 0 Å². The van der Waals surface area contributed by atoms with Gasteiger partial charge in [-0.2, -0.15) is 0 Å². The van der Waals surface area contributed by atoms with Crippen molar-refractivity contribution in [3.63, 3.8) is 0 Å². The Bertz CT molecular complexity index is 282. The molecule has 12 heavy (non-hydrogen) atoms. The van der Waals surface area contributed by atoms with E-state index < -0.39 is 12.1 Å². The van der Waals surface area contributed by atoms with E-state index >= 15 is 0 Å². The van der Waals surface area contributed by atoms with Gasteiger partial charge < -0.3 is 14.4 Å². The average Bonchev–Trinajstić information content (AvgIpc) is 2.48. The molecule has 0 saturated heterocycles. The number of aliphatic hydroxyl groups excluding tert-OH is 1. The summed E-state index contributed by atoms with van der Waals surface area (Å²) in [4.78, 5) is 14.6. The molecule has 5 heteroatoms. The number of aliphatic hydroxyl groups is 1. The number of aryl methyl sites for hydroxylation is 1. The van der Waals surface area contributed by atoms with Gasteiger partial charge in [0.15, 0.2) is 0 Å². The van der Waals surface area contributed by atoms with E-state index in [2.05, 4.69) is 9.72 Å². The Morgan fingerprint density at radius 3 is 2.92 bits per heavy atom. The van der Waals surface area contributed by atoms with Gasteiger partial charge >= 0.3 is 5.97 Å². The van der Waals surface area contributed by atoms with Gasteiger partial charge in [-0.3, -0.25) is 0 Å². The maximum atomic E-state index is 10.8. The number of hydrogen-bond donors (Lipinski definition) is 1. The molecule has 0 fully saturated rings. The summed E-state index contributed by atoms with van der Waals surface area (Å²) in [6.07, 6.45) is 1.85. The van der Waals surface area contributed by atoms with Crippen molar-refractivity contribution in [2.75, 3.05) is 7.11 Å². The number of ether oxygens (including phenoxy) is 1. The summed E-state index contributed by atoms with van der Waals surface area (Å²) in [7, 11) is 2.91. The lowest BCUT2D eigenvalue weighted by Gasteiger charge is -2.07. The van der Waals surface area contributed by atoms with Gasteiger partial charge in [0.2, 0.25) is 6.10 Å². The summed E-state index contributed by atoms with van der Waals surface area (Å²) in [5.41, 5.74) is 0. The van der Waals surface area contributed by atoms with Crippen LogP contribution < -0.4 is 0 Å². The average molecular weight is 170 g/mol. The molecular weight excluding hydrogens is 160 g/mol. The molecule has 0 aliphatic heterocycles. The fourth-order valence-corrected chi connectivity index (χ4v) is 0.858. The Morgan fingerprint density at radius 2 is 2.50 bits per heavy atom. The number of rotatable bonds is 2. The number of carbonyl (C=O) groups excluding carboxylic acids is 1. The Balaban J connectivity index is 2.84. The Labute approximate surface area is 69.6 Å². The number of esters is 1. The summed E-state index contributed by atoms with van der Waals surface area (Å²) in [6, 6.07) is 0. The predicted molar refractivity (Wildman–Crippen MR) is 40.2 cm³/mol. The minimum atomic E-state index is -1.30. The smallest absolute Gasteiger partial charge is 0.342 e. The van der Waals surface area contributed by atoms with E-state index in [1.807, 2.05) is 0 Å². The molecule has 0 aromatic carbocycles. The summed E-state index contributed by atoms with van der Waals surface area (Å²) in [5, 5.41) is 9.30. The molecule has 0 aliphatic rings. The van der Waals surface area contributed by atoms with Gasteiger partial charge in [-0.15, -0.1) is 0 Å². The lowest BCUT2D eigenvalue weighted by Crippen LogP contribution is -2.17. The van der Waals surface area contributed by atoms with Crippen LogP contribution in [0.2, 0.25) is 0 Å². The van der Waals surface area contributed by atoms with Crippen molar-refractivity contribution in [2.45, 2.75) is 6.10 Å². The normalized spacial score (nSPS) is 12.6. The van der Waals surface area contributed by atoms with Crippen LogP contribution in [0.5, 0.6) is 0 Å². The molecule has 0 spiro atoms. The van der Waals surface area contributed by atoms with E-state index in [1.54, 1.807) is 17.8 Å². The lowest BCUT2D eigenvalue weighted by atomic mass is 10.3. The summed E-state index contributed by atoms with van der Waals surface area (Å²) in [6.45, 7) is 0. The van der Waals surface area contributed by atoms with Crippen molar-refractivity contribution in [3.05, 3.63) is 18.2 Å². The topological polar surface area (TPSA) is 64.3 Å². The van der Waals surface area contributed by atoms with Crippen molar-refractivity contribution >= 4 is 5.97 Å². The van der Waals surface area contributed by atoms with Crippen LogP contribution >= 0.6 is 0 Å². The predicted octanol–water partition coefficient (Wildman–Crippen LogP) is -0.374. The first-order valence-electron chi connectivity index (χ1n) is 3.40. The van der Waals surface area contributed by atoms with Gasteiger partial charge in [-0.1, -0.05) is 0 Å². The van der Waals surface area contributed by atoms with Crippen LogP contribution in [-0.4, -0.2) is 27.7 Å². The molecule has 1 atom stereocenters. The second-order valence-corrected chi connectivity index (χ2v) is 2.32. The van der Waals surface area contributed by atoms with Crippen LogP contribution in [0.1, 0.15) is 11.9 Å². The van der Waals surface area contributed by atoms with Gasteiger partial charge in [0.1, 0.15) is 5.82 Å². The SMILES string of the molecule is COC(=O)C(O)c1nccn1C. The second-order valence-electron chi connectivity index (χ2n) is 2.32. The van der Waals surface area contributed by atoms with E-state index in [-0.39, 0.29) is 5.82 Å². The number of imidazole rings is 1. The largest absolute Gasteiger partial charge is 0.467 e. The van der Waals surface area contributed by atoms with E-state index in [4.69, 9.17) is 0 Å². The highest BCUT2D eigenvalue weighted by Crippen LogP contribution is 2.09. The van der Waals surface area contributed by atoms with Crippen molar-refractivity contribution in [2.24, 2.45) is 7.05 Å². The van der Waals surface area contributed by atoms with Crippen LogP contribution in [0.3, 0.4) is 0 Å². The third kappa shape index (κ3) is 1.45. The van der Waals surface area contributed by atoms with Crippen molar-refractivity contribution in [1.82, 2.24) is 9.55 Å². The van der Waals surface area contributed by atoms with Crippen molar-refractivity contribution < 1.29 is 14.6 Å². The molecule has 1 heterocycles. The Hall–Kier alpha value is -1.36. The zero-order chi connectivity index (χ0) is 9.14. The van der Waals surface area contributed by atoms with Gasteiger partial charge in [0, 0.05) is 19.4 Å². The van der Waals surface area contributed by atoms with Crippen LogP contribution in [0.4, 0.5) is 0 Å². The fraction of sp³-hybridized carbons (Fsp3) is 0.429. The zero-order valence-electron chi connectivity index (χ0n) is 6.89. The fourth-order valence-electron chi connectivity index (χ4n) is 0.858. The molecule has 1 rings (SSSR count). The highest BCUT2D eigenvalue weighted by atomic mass is 16.5. The molecule has 1 N–H and O–H groups in total.